The Morgan fingerprint density at radius 1 is 1.33 bits per heavy atom. The van der Waals surface area contributed by atoms with E-state index in [1.165, 1.54) is 4.90 Å². The summed E-state index contributed by atoms with van der Waals surface area (Å²) in [7, 11) is 2.16. The van der Waals surface area contributed by atoms with Gasteiger partial charge in [-0.3, -0.25) is 9.78 Å². The van der Waals surface area contributed by atoms with Crippen molar-refractivity contribution in [2.75, 3.05) is 33.2 Å². The number of carbonyl (C=O) groups excluding carboxylic acids is 1. The normalized spacial score (nSPS) is 17.8. The summed E-state index contributed by atoms with van der Waals surface area (Å²) in [6, 6.07) is 3.54. The maximum absolute atomic E-state index is 12.0. The third kappa shape index (κ3) is 2.33. The van der Waals surface area contributed by atoms with E-state index < -0.39 is 0 Å². The number of hydrogen-bond acceptors (Lipinski definition) is 2. The molecule has 1 aromatic heterocycles. The van der Waals surface area contributed by atoms with Gasteiger partial charge >= 0.3 is 0 Å². The molecule has 1 saturated heterocycles. The highest BCUT2D eigenvalue weighted by Crippen LogP contribution is 2.03. The number of aromatic nitrogens is 1. The summed E-state index contributed by atoms with van der Waals surface area (Å²) in [6.45, 7) is 3.79. The minimum atomic E-state index is 0.130. The van der Waals surface area contributed by atoms with Gasteiger partial charge in [-0.1, -0.05) is 0 Å². The van der Waals surface area contributed by atoms with Crippen LogP contribution in [-0.2, 0) is 0 Å². The standard InChI is InChI=1S/C11H15N3O/c1-13-6-8-14(9-7-13)11(15)10-2-4-12-5-3-10/h2-5H,6-9H2,1H3/p+1. The molecule has 1 fully saturated rings. The van der Waals surface area contributed by atoms with Crippen LogP contribution in [-0.4, -0.2) is 49.0 Å². The van der Waals surface area contributed by atoms with Gasteiger partial charge in [-0.05, 0) is 12.1 Å². The van der Waals surface area contributed by atoms with E-state index in [0.717, 1.165) is 31.7 Å². The number of hydrogen-bond donors (Lipinski definition) is 1. The zero-order chi connectivity index (χ0) is 10.7. The number of carbonyl (C=O) groups is 1. The number of quaternary nitrogens is 1. The number of nitrogens with one attached hydrogen (secondary N) is 1. The fraction of sp³-hybridized carbons (Fsp3) is 0.455. The Morgan fingerprint density at radius 2 is 1.93 bits per heavy atom. The molecular weight excluding hydrogens is 190 g/mol. The molecule has 0 saturated carbocycles. The predicted octanol–water partition coefficient (Wildman–Crippen LogP) is -0.948. The topological polar surface area (TPSA) is 37.6 Å². The molecule has 0 atom stereocenters. The number of amides is 1. The van der Waals surface area contributed by atoms with Gasteiger partial charge in [0.1, 0.15) is 0 Å². The molecule has 2 heterocycles. The van der Waals surface area contributed by atoms with Gasteiger partial charge in [-0.15, -0.1) is 0 Å². The summed E-state index contributed by atoms with van der Waals surface area (Å²) < 4.78 is 0. The molecule has 4 heteroatoms. The molecule has 1 aromatic rings. The largest absolute Gasteiger partial charge is 0.334 e. The Morgan fingerprint density at radius 3 is 2.53 bits per heavy atom. The van der Waals surface area contributed by atoms with Crippen LogP contribution in [0.5, 0.6) is 0 Å². The first-order chi connectivity index (χ1) is 7.27. The van der Waals surface area contributed by atoms with Crippen molar-refractivity contribution < 1.29 is 9.69 Å². The molecule has 0 aliphatic carbocycles. The predicted molar refractivity (Wildman–Crippen MR) is 56.8 cm³/mol. The van der Waals surface area contributed by atoms with Crippen LogP contribution in [0.1, 0.15) is 10.4 Å². The van der Waals surface area contributed by atoms with Gasteiger partial charge in [0.15, 0.2) is 0 Å². The lowest BCUT2D eigenvalue weighted by atomic mass is 10.2. The van der Waals surface area contributed by atoms with Crippen LogP contribution < -0.4 is 4.90 Å². The first-order valence-corrected chi connectivity index (χ1v) is 5.28. The molecule has 1 N–H and O–H groups in total. The zero-order valence-electron chi connectivity index (χ0n) is 8.94. The van der Waals surface area contributed by atoms with Crippen molar-refractivity contribution in [1.82, 2.24) is 9.88 Å². The van der Waals surface area contributed by atoms with Crippen molar-refractivity contribution >= 4 is 5.91 Å². The summed E-state index contributed by atoms with van der Waals surface area (Å²) in [5.41, 5.74) is 0.740. The van der Waals surface area contributed by atoms with Crippen LogP contribution in [0.25, 0.3) is 0 Å². The van der Waals surface area contributed by atoms with E-state index >= 15 is 0 Å². The van der Waals surface area contributed by atoms with Crippen molar-refractivity contribution in [3.05, 3.63) is 30.1 Å². The summed E-state index contributed by atoms with van der Waals surface area (Å²) in [5, 5.41) is 0. The molecule has 0 bridgehead atoms. The smallest absolute Gasteiger partial charge is 0.254 e. The average molecular weight is 206 g/mol. The molecule has 1 amide bonds. The van der Waals surface area contributed by atoms with Crippen molar-refractivity contribution in [2.24, 2.45) is 0 Å². The monoisotopic (exact) mass is 206 g/mol. The molecule has 0 unspecified atom stereocenters. The van der Waals surface area contributed by atoms with Crippen molar-refractivity contribution in [1.29, 1.82) is 0 Å². The van der Waals surface area contributed by atoms with Gasteiger partial charge in [0.25, 0.3) is 5.91 Å². The summed E-state index contributed by atoms with van der Waals surface area (Å²) in [5.74, 6) is 0.130. The fourth-order valence-corrected chi connectivity index (χ4v) is 1.77. The molecule has 0 aromatic carbocycles. The Labute approximate surface area is 89.5 Å². The van der Waals surface area contributed by atoms with Gasteiger partial charge in [-0.25, -0.2) is 0 Å². The van der Waals surface area contributed by atoms with Crippen LogP contribution in [0, 0.1) is 0 Å². The van der Waals surface area contributed by atoms with E-state index in [1.54, 1.807) is 24.5 Å². The second-order valence-electron chi connectivity index (χ2n) is 3.99. The number of piperazine rings is 1. The van der Waals surface area contributed by atoms with Crippen LogP contribution in [0.2, 0.25) is 0 Å². The lowest BCUT2D eigenvalue weighted by Gasteiger charge is -2.30. The molecular formula is C11H16N3O+. The highest BCUT2D eigenvalue weighted by Gasteiger charge is 2.21. The highest BCUT2D eigenvalue weighted by atomic mass is 16.2. The Balaban J connectivity index is 2.03. The number of pyridine rings is 1. The number of nitrogens with zero attached hydrogens (tertiary/aromatic N) is 2. The van der Waals surface area contributed by atoms with Crippen LogP contribution in [0.4, 0.5) is 0 Å². The Kier molecular flexibility index (Phi) is 2.97. The quantitative estimate of drug-likeness (QED) is 0.643. The second kappa shape index (κ2) is 4.40. The molecule has 4 nitrogen and oxygen atoms in total. The van der Waals surface area contributed by atoms with Gasteiger partial charge in [0.05, 0.1) is 33.2 Å². The van der Waals surface area contributed by atoms with E-state index in [1.807, 2.05) is 4.90 Å². The van der Waals surface area contributed by atoms with E-state index in [9.17, 15) is 4.79 Å². The van der Waals surface area contributed by atoms with Gasteiger partial charge in [-0.2, -0.15) is 0 Å². The molecule has 2 rings (SSSR count). The van der Waals surface area contributed by atoms with Crippen LogP contribution in [0.3, 0.4) is 0 Å². The first kappa shape index (κ1) is 10.1. The van der Waals surface area contributed by atoms with E-state index in [-0.39, 0.29) is 5.91 Å². The highest BCUT2D eigenvalue weighted by molar-refractivity contribution is 5.94. The van der Waals surface area contributed by atoms with E-state index in [4.69, 9.17) is 0 Å². The minimum Gasteiger partial charge on any atom is -0.334 e. The lowest BCUT2D eigenvalue weighted by molar-refractivity contribution is -0.883. The summed E-state index contributed by atoms with van der Waals surface area (Å²) >= 11 is 0. The molecule has 0 spiro atoms. The molecule has 80 valence electrons. The Hall–Kier alpha value is -1.42. The minimum absolute atomic E-state index is 0.130. The van der Waals surface area contributed by atoms with Crippen molar-refractivity contribution in [3.63, 3.8) is 0 Å². The van der Waals surface area contributed by atoms with Gasteiger partial charge < -0.3 is 9.80 Å². The summed E-state index contributed by atoms with van der Waals surface area (Å²) in [4.78, 5) is 19.3. The molecule has 1 aliphatic heterocycles. The maximum atomic E-state index is 12.0. The maximum Gasteiger partial charge on any atom is 0.254 e. The number of likely N-dealkylation sites (N-methyl/N-ethyl adjacent to an activating group) is 1. The SMILES string of the molecule is C[NH+]1CCN(C(=O)c2ccncc2)CC1. The third-order valence-corrected chi connectivity index (χ3v) is 2.83. The number of rotatable bonds is 1. The Bertz CT molecular complexity index is 331. The van der Waals surface area contributed by atoms with Gasteiger partial charge in [0, 0.05) is 18.0 Å². The summed E-state index contributed by atoms with van der Waals surface area (Å²) in [6.07, 6.45) is 3.32. The molecule has 0 radical (unpaired) electrons. The first-order valence-electron chi connectivity index (χ1n) is 5.28. The molecule has 15 heavy (non-hydrogen) atoms. The third-order valence-electron chi connectivity index (χ3n) is 2.83. The van der Waals surface area contributed by atoms with E-state index in [2.05, 4.69) is 12.0 Å². The van der Waals surface area contributed by atoms with Crippen LogP contribution in [0.15, 0.2) is 24.5 Å². The van der Waals surface area contributed by atoms with E-state index in [0.29, 0.717) is 0 Å². The second-order valence-corrected chi connectivity index (χ2v) is 3.99. The van der Waals surface area contributed by atoms with Crippen molar-refractivity contribution in [3.8, 4) is 0 Å². The van der Waals surface area contributed by atoms with Crippen molar-refractivity contribution in [2.45, 2.75) is 0 Å². The van der Waals surface area contributed by atoms with Gasteiger partial charge in [0.2, 0.25) is 0 Å². The average Bonchev–Trinajstić information content (AvgIpc) is 2.30. The van der Waals surface area contributed by atoms with Crippen LogP contribution >= 0.6 is 0 Å². The molecule has 1 aliphatic rings. The fourth-order valence-electron chi connectivity index (χ4n) is 1.77. The zero-order valence-corrected chi connectivity index (χ0v) is 8.94. The lowest BCUT2D eigenvalue weighted by Crippen LogP contribution is -3.12.